The van der Waals surface area contributed by atoms with Gasteiger partial charge in [0.25, 0.3) is 0 Å². The molecule has 0 aliphatic carbocycles. The van der Waals surface area contributed by atoms with Gasteiger partial charge in [-0.25, -0.2) is 0 Å². The van der Waals surface area contributed by atoms with Crippen LogP contribution in [-0.4, -0.2) is 0 Å². The van der Waals surface area contributed by atoms with Gasteiger partial charge in [0, 0.05) is 10.8 Å². The summed E-state index contributed by atoms with van der Waals surface area (Å²) in [6, 6.07) is 42.6. The van der Waals surface area contributed by atoms with Crippen molar-refractivity contribution in [2.45, 2.75) is 0 Å². The molecule has 0 unspecified atom stereocenters. The standard InChI is InChI=1S/C46H28O/c1-2-10-29(11-3-1)32-18-19-34-25-35(21-20-33(34)24-32)45-37-14-6-8-16-39(37)46(40-17-9-7-15-38(40)45)36-22-23-43-41(27-36)42-26-30-12-4-5-13-31(30)28-44(42)47-43/h1-28H/i18D,19D,20D,21D,24D,25D. The molecule has 0 aliphatic rings. The van der Waals surface area contributed by atoms with Gasteiger partial charge in [-0.2, -0.15) is 0 Å². The number of fused-ring (bicyclic) bond motifs is 7. The zero-order valence-corrected chi connectivity index (χ0v) is 25.1. The van der Waals surface area contributed by atoms with Crippen LogP contribution in [0.15, 0.2) is 174 Å². The minimum absolute atomic E-state index is 0.0396. The first kappa shape index (κ1) is 20.8. The molecule has 0 saturated heterocycles. The molecule has 10 rings (SSSR count). The fourth-order valence-corrected chi connectivity index (χ4v) is 7.08. The highest BCUT2D eigenvalue weighted by Crippen LogP contribution is 2.45. The highest BCUT2D eigenvalue weighted by molar-refractivity contribution is 6.22. The minimum Gasteiger partial charge on any atom is -0.456 e. The summed E-state index contributed by atoms with van der Waals surface area (Å²) in [6.07, 6.45) is 0. The van der Waals surface area contributed by atoms with E-state index in [1.54, 1.807) is 24.3 Å². The maximum Gasteiger partial charge on any atom is 0.136 e. The Bertz CT molecular complexity index is 3130. The van der Waals surface area contributed by atoms with Crippen molar-refractivity contribution in [2.75, 3.05) is 0 Å². The molecule has 1 nitrogen and oxygen atoms in total. The first-order chi connectivity index (χ1) is 25.8. The number of benzene rings is 9. The van der Waals surface area contributed by atoms with Gasteiger partial charge in [-0.05, 0) is 113 Å². The summed E-state index contributed by atoms with van der Waals surface area (Å²) in [4.78, 5) is 0. The monoisotopic (exact) mass is 602 g/mol. The van der Waals surface area contributed by atoms with Crippen LogP contribution >= 0.6 is 0 Å². The van der Waals surface area contributed by atoms with Crippen LogP contribution in [0, 0.1) is 0 Å². The topological polar surface area (TPSA) is 13.1 Å². The SMILES string of the molecule is [2H]c1c(-c2c3ccccc3c(-c3ccc4oc5cc6ccccc6cc5c4c3)c3ccccc23)c([2H])c2c([2H])c([2H])c(-c3ccccc3)c([2H])c2c1[2H]. The predicted molar refractivity (Wildman–Crippen MR) is 200 cm³/mol. The summed E-state index contributed by atoms with van der Waals surface area (Å²) in [7, 11) is 0. The molecule has 0 saturated carbocycles. The predicted octanol–water partition coefficient (Wildman–Crippen LogP) is 13.2. The van der Waals surface area contributed by atoms with E-state index in [4.69, 9.17) is 8.53 Å². The number of rotatable bonds is 3. The summed E-state index contributed by atoms with van der Waals surface area (Å²) in [5, 5.41) is 7.81. The number of furan rings is 1. The van der Waals surface area contributed by atoms with Crippen LogP contribution in [0.25, 0.3) is 98.4 Å². The van der Waals surface area contributed by atoms with E-state index in [9.17, 15) is 4.11 Å². The Labute approximate surface area is 280 Å². The van der Waals surface area contributed by atoms with Crippen molar-refractivity contribution in [3.63, 3.8) is 0 Å². The Morgan fingerprint density at radius 2 is 0.872 bits per heavy atom. The van der Waals surface area contributed by atoms with Crippen LogP contribution in [0.2, 0.25) is 0 Å². The van der Waals surface area contributed by atoms with Crippen molar-refractivity contribution in [2.24, 2.45) is 0 Å². The molecule has 0 N–H and O–H groups in total. The molecule has 0 aliphatic heterocycles. The van der Waals surface area contributed by atoms with Gasteiger partial charge < -0.3 is 4.42 Å². The van der Waals surface area contributed by atoms with E-state index in [1.165, 1.54) is 0 Å². The molecule has 9 aromatic carbocycles. The molecular weight excluding hydrogens is 569 g/mol. The molecule has 0 bridgehead atoms. The third-order valence-corrected chi connectivity index (χ3v) is 9.25. The van der Waals surface area contributed by atoms with Gasteiger partial charge in [0.1, 0.15) is 11.2 Å². The van der Waals surface area contributed by atoms with Gasteiger partial charge in [-0.15, -0.1) is 0 Å². The maximum absolute atomic E-state index is 9.60. The van der Waals surface area contributed by atoms with Gasteiger partial charge in [0.2, 0.25) is 0 Å². The van der Waals surface area contributed by atoms with Crippen LogP contribution < -0.4 is 0 Å². The van der Waals surface area contributed by atoms with Crippen LogP contribution in [0.1, 0.15) is 8.22 Å². The molecule has 1 heteroatoms. The van der Waals surface area contributed by atoms with Crippen LogP contribution in [0.3, 0.4) is 0 Å². The van der Waals surface area contributed by atoms with E-state index in [-0.39, 0.29) is 58.2 Å². The van der Waals surface area contributed by atoms with Crippen molar-refractivity contribution in [1.82, 2.24) is 0 Å². The second kappa shape index (κ2) is 10.2. The third-order valence-electron chi connectivity index (χ3n) is 9.25. The Kier molecular flexibility index (Phi) is 4.49. The van der Waals surface area contributed by atoms with Crippen molar-refractivity contribution < 1.29 is 12.6 Å². The lowest BCUT2D eigenvalue weighted by atomic mass is 9.85. The Hall–Kier alpha value is -6.18. The normalized spacial score (nSPS) is 13.6. The van der Waals surface area contributed by atoms with Gasteiger partial charge in [-0.1, -0.05) is 133 Å². The van der Waals surface area contributed by atoms with E-state index in [2.05, 4.69) is 36.4 Å². The molecule has 0 amide bonds. The molecule has 218 valence electrons. The van der Waals surface area contributed by atoms with Crippen molar-refractivity contribution in [3.8, 4) is 33.4 Å². The van der Waals surface area contributed by atoms with Gasteiger partial charge in [-0.3, -0.25) is 0 Å². The van der Waals surface area contributed by atoms with Crippen molar-refractivity contribution >= 4 is 65.0 Å². The molecule has 0 spiro atoms. The lowest BCUT2D eigenvalue weighted by Gasteiger charge is -2.18. The molecule has 1 aromatic heterocycles. The average molecular weight is 603 g/mol. The Balaban J connectivity index is 1.28. The minimum atomic E-state index is -0.233. The molecule has 47 heavy (non-hydrogen) atoms. The third kappa shape index (κ3) is 4.10. The first-order valence-electron chi connectivity index (χ1n) is 18.7. The second-order valence-corrected chi connectivity index (χ2v) is 12.0. The van der Waals surface area contributed by atoms with Crippen molar-refractivity contribution in [1.29, 1.82) is 0 Å². The average Bonchev–Trinajstić information content (AvgIpc) is 3.54. The fourth-order valence-electron chi connectivity index (χ4n) is 7.08. The molecular formula is C46H28O. The van der Waals surface area contributed by atoms with E-state index >= 15 is 0 Å². The van der Waals surface area contributed by atoms with Crippen molar-refractivity contribution in [3.05, 3.63) is 170 Å². The number of hydrogen-bond acceptors (Lipinski definition) is 1. The van der Waals surface area contributed by atoms with Crippen LogP contribution in [0.4, 0.5) is 0 Å². The molecule has 0 atom stereocenters. The van der Waals surface area contributed by atoms with Gasteiger partial charge >= 0.3 is 0 Å². The summed E-state index contributed by atoms with van der Waals surface area (Å²) < 4.78 is 61.9. The Morgan fingerprint density at radius 3 is 1.55 bits per heavy atom. The first-order valence-corrected chi connectivity index (χ1v) is 15.7. The highest BCUT2D eigenvalue weighted by atomic mass is 16.3. The largest absolute Gasteiger partial charge is 0.456 e. The lowest BCUT2D eigenvalue weighted by molar-refractivity contribution is 0.669. The van der Waals surface area contributed by atoms with E-state index in [0.29, 0.717) is 11.1 Å². The van der Waals surface area contributed by atoms with E-state index in [1.807, 2.05) is 72.8 Å². The maximum atomic E-state index is 9.60. The zero-order chi connectivity index (χ0) is 36.1. The van der Waals surface area contributed by atoms with Crippen LogP contribution in [0.5, 0.6) is 0 Å². The molecule has 10 aromatic rings. The molecule has 0 fully saturated rings. The van der Waals surface area contributed by atoms with Crippen LogP contribution in [-0.2, 0) is 0 Å². The van der Waals surface area contributed by atoms with E-state index in [0.717, 1.165) is 65.4 Å². The summed E-state index contributed by atoms with van der Waals surface area (Å²) >= 11 is 0. The highest BCUT2D eigenvalue weighted by Gasteiger charge is 2.18. The summed E-state index contributed by atoms with van der Waals surface area (Å²) in [5.74, 6) is 0. The van der Waals surface area contributed by atoms with Gasteiger partial charge in [0.15, 0.2) is 0 Å². The van der Waals surface area contributed by atoms with Gasteiger partial charge in [0.05, 0.1) is 8.22 Å². The second-order valence-electron chi connectivity index (χ2n) is 12.0. The summed E-state index contributed by atoms with van der Waals surface area (Å²) in [6.45, 7) is 0. The lowest BCUT2D eigenvalue weighted by Crippen LogP contribution is -1.91. The molecule has 0 radical (unpaired) electrons. The summed E-state index contributed by atoms with van der Waals surface area (Å²) in [5.41, 5.74) is 5.25. The number of hydrogen-bond donors (Lipinski definition) is 0. The fraction of sp³-hybridized carbons (Fsp3) is 0. The molecule has 1 heterocycles. The smallest absolute Gasteiger partial charge is 0.136 e. The Morgan fingerprint density at radius 1 is 0.340 bits per heavy atom. The quantitative estimate of drug-likeness (QED) is 0.183. The zero-order valence-electron chi connectivity index (χ0n) is 31.1. The van der Waals surface area contributed by atoms with E-state index < -0.39 is 0 Å².